The van der Waals surface area contributed by atoms with E-state index in [1.54, 1.807) is 7.11 Å². The molecule has 1 aromatic rings. The van der Waals surface area contributed by atoms with E-state index in [1.807, 2.05) is 29.2 Å². The second-order valence-corrected chi connectivity index (χ2v) is 6.51. The number of piperazine rings is 1. The van der Waals surface area contributed by atoms with Crippen LogP contribution in [0.15, 0.2) is 24.3 Å². The quantitative estimate of drug-likeness (QED) is 0.909. The SMILES string of the molecule is COc1ccc(CC(=O)N2CCN([C@H]3CCC[C@@H]3O)CC2)cc1. The molecule has 1 heterocycles. The number of benzene rings is 1. The summed E-state index contributed by atoms with van der Waals surface area (Å²) < 4.78 is 5.14. The number of amides is 1. The van der Waals surface area contributed by atoms with Crippen LogP contribution in [0.5, 0.6) is 5.75 Å². The Hall–Kier alpha value is -1.59. The summed E-state index contributed by atoms with van der Waals surface area (Å²) >= 11 is 0. The molecule has 1 aromatic carbocycles. The largest absolute Gasteiger partial charge is 0.497 e. The normalized spacial score (nSPS) is 25.6. The third kappa shape index (κ3) is 3.85. The lowest BCUT2D eigenvalue weighted by atomic mass is 10.1. The van der Waals surface area contributed by atoms with Crippen molar-refractivity contribution in [3.8, 4) is 5.75 Å². The van der Waals surface area contributed by atoms with Gasteiger partial charge in [-0.3, -0.25) is 9.69 Å². The average Bonchev–Trinajstić information content (AvgIpc) is 3.02. The van der Waals surface area contributed by atoms with E-state index in [2.05, 4.69) is 4.90 Å². The lowest BCUT2D eigenvalue weighted by Gasteiger charge is -2.39. The highest BCUT2D eigenvalue weighted by molar-refractivity contribution is 5.79. The van der Waals surface area contributed by atoms with Gasteiger partial charge in [0.05, 0.1) is 19.6 Å². The van der Waals surface area contributed by atoms with Gasteiger partial charge in [-0.05, 0) is 37.0 Å². The monoisotopic (exact) mass is 318 g/mol. The molecule has 2 fully saturated rings. The molecule has 1 N–H and O–H groups in total. The number of hydrogen-bond acceptors (Lipinski definition) is 4. The number of methoxy groups -OCH3 is 1. The molecule has 1 aliphatic carbocycles. The third-order valence-corrected chi connectivity index (χ3v) is 5.09. The fraction of sp³-hybridized carbons (Fsp3) is 0.611. The summed E-state index contributed by atoms with van der Waals surface area (Å²) in [7, 11) is 1.64. The molecule has 3 rings (SSSR count). The Kier molecular flexibility index (Phi) is 5.18. The zero-order valence-corrected chi connectivity index (χ0v) is 13.8. The van der Waals surface area contributed by atoms with E-state index in [4.69, 9.17) is 4.74 Å². The van der Waals surface area contributed by atoms with Crippen LogP contribution in [-0.2, 0) is 11.2 Å². The highest BCUT2D eigenvalue weighted by Gasteiger charge is 2.33. The van der Waals surface area contributed by atoms with Gasteiger partial charge in [0.25, 0.3) is 0 Å². The number of hydrogen-bond donors (Lipinski definition) is 1. The van der Waals surface area contributed by atoms with Crippen LogP contribution in [0.3, 0.4) is 0 Å². The molecule has 2 aliphatic rings. The molecular formula is C18H26N2O3. The molecule has 0 bridgehead atoms. The second kappa shape index (κ2) is 7.32. The van der Waals surface area contributed by atoms with Gasteiger partial charge in [0.15, 0.2) is 0 Å². The number of carbonyl (C=O) groups is 1. The first kappa shape index (κ1) is 16.3. The molecule has 0 spiro atoms. The van der Waals surface area contributed by atoms with Crippen LogP contribution in [0.25, 0.3) is 0 Å². The van der Waals surface area contributed by atoms with Gasteiger partial charge >= 0.3 is 0 Å². The highest BCUT2D eigenvalue weighted by atomic mass is 16.5. The number of rotatable bonds is 4. The fourth-order valence-electron chi connectivity index (χ4n) is 3.68. The molecule has 5 heteroatoms. The van der Waals surface area contributed by atoms with Crippen LogP contribution < -0.4 is 4.74 Å². The fourth-order valence-corrected chi connectivity index (χ4v) is 3.68. The van der Waals surface area contributed by atoms with Crippen LogP contribution in [0, 0.1) is 0 Å². The predicted octanol–water partition coefficient (Wildman–Crippen LogP) is 1.30. The van der Waals surface area contributed by atoms with Gasteiger partial charge in [0.1, 0.15) is 5.75 Å². The van der Waals surface area contributed by atoms with E-state index in [9.17, 15) is 9.90 Å². The van der Waals surface area contributed by atoms with E-state index in [-0.39, 0.29) is 12.0 Å². The van der Waals surface area contributed by atoms with Crippen molar-refractivity contribution in [1.29, 1.82) is 0 Å². The van der Waals surface area contributed by atoms with Gasteiger partial charge in [-0.2, -0.15) is 0 Å². The van der Waals surface area contributed by atoms with Gasteiger partial charge in [-0.15, -0.1) is 0 Å². The maximum atomic E-state index is 12.4. The van der Waals surface area contributed by atoms with E-state index < -0.39 is 0 Å². The third-order valence-electron chi connectivity index (χ3n) is 5.09. The maximum Gasteiger partial charge on any atom is 0.227 e. The van der Waals surface area contributed by atoms with Crippen LogP contribution in [-0.4, -0.2) is 66.2 Å². The standard InChI is InChI=1S/C18H26N2O3/c1-23-15-7-5-14(6-8-15)13-18(22)20-11-9-19(10-12-20)16-3-2-4-17(16)21/h5-8,16-17,21H,2-4,9-13H2,1H3/t16-,17-/m0/s1. The molecule has 1 saturated carbocycles. The lowest BCUT2D eigenvalue weighted by molar-refractivity contribution is -0.132. The zero-order valence-electron chi connectivity index (χ0n) is 13.8. The van der Waals surface area contributed by atoms with Crippen LogP contribution in [0.2, 0.25) is 0 Å². The molecular weight excluding hydrogens is 292 g/mol. The molecule has 23 heavy (non-hydrogen) atoms. The first-order valence-electron chi connectivity index (χ1n) is 8.50. The first-order chi connectivity index (χ1) is 11.2. The highest BCUT2D eigenvalue weighted by Crippen LogP contribution is 2.25. The molecule has 0 unspecified atom stereocenters. The molecule has 1 aliphatic heterocycles. The number of aliphatic hydroxyl groups excluding tert-OH is 1. The van der Waals surface area contributed by atoms with Gasteiger partial charge in [-0.25, -0.2) is 0 Å². The molecule has 0 radical (unpaired) electrons. The minimum absolute atomic E-state index is 0.182. The van der Waals surface area contributed by atoms with Crippen LogP contribution in [0.1, 0.15) is 24.8 Å². The summed E-state index contributed by atoms with van der Waals surface area (Å²) in [5.74, 6) is 0.992. The Morgan fingerprint density at radius 1 is 1.17 bits per heavy atom. The second-order valence-electron chi connectivity index (χ2n) is 6.51. The summed E-state index contributed by atoms with van der Waals surface area (Å²) in [6.07, 6.45) is 3.37. The van der Waals surface area contributed by atoms with E-state index in [1.165, 1.54) is 0 Å². The number of ether oxygens (including phenoxy) is 1. The summed E-state index contributed by atoms with van der Waals surface area (Å²) in [4.78, 5) is 16.7. The topological polar surface area (TPSA) is 53.0 Å². The molecule has 5 nitrogen and oxygen atoms in total. The van der Waals surface area contributed by atoms with Gasteiger partial charge < -0.3 is 14.7 Å². The Morgan fingerprint density at radius 2 is 1.87 bits per heavy atom. The van der Waals surface area contributed by atoms with Crippen molar-refractivity contribution in [3.05, 3.63) is 29.8 Å². The van der Waals surface area contributed by atoms with E-state index in [0.717, 1.165) is 56.8 Å². The van der Waals surface area contributed by atoms with Crippen molar-refractivity contribution in [1.82, 2.24) is 9.80 Å². The van der Waals surface area contributed by atoms with Crippen molar-refractivity contribution in [2.75, 3.05) is 33.3 Å². The zero-order chi connectivity index (χ0) is 16.2. The molecule has 1 amide bonds. The lowest BCUT2D eigenvalue weighted by Crippen LogP contribution is -2.53. The Morgan fingerprint density at radius 3 is 2.43 bits per heavy atom. The summed E-state index contributed by atoms with van der Waals surface area (Å²) in [6, 6.07) is 7.97. The summed E-state index contributed by atoms with van der Waals surface area (Å²) in [6.45, 7) is 3.27. The maximum absolute atomic E-state index is 12.4. The average molecular weight is 318 g/mol. The molecule has 1 saturated heterocycles. The smallest absolute Gasteiger partial charge is 0.227 e. The predicted molar refractivity (Wildman–Crippen MR) is 88.5 cm³/mol. The Labute approximate surface area is 137 Å². The van der Waals surface area contributed by atoms with E-state index >= 15 is 0 Å². The van der Waals surface area contributed by atoms with Crippen molar-refractivity contribution in [2.45, 2.75) is 37.8 Å². The number of aliphatic hydroxyl groups is 1. The summed E-state index contributed by atoms with van der Waals surface area (Å²) in [5, 5.41) is 10.0. The van der Waals surface area contributed by atoms with Crippen LogP contribution >= 0.6 is 0 Å². The van der Waals surface area contributed by atoms with Crippen LogP contribution in [0.4, 0.5) is 0 Å². The van der Waals surface area contributed by atoms with Gasteiger partial charge in [-0.1, -0.05) is 12.1 Å². The summed E-state index contributed by atoms with van der Waals surface area (Å²) in [5.41, 5.74) is 1.02. The minimum atomic E-state index is -0.184. The van der Waals surface area contributed by atoms with Gasteiger partial charge in [0.2, 0.25) is 5.91 Å². The molecule has 0 aromatic heterocycles. The minimum Gasteiger partial charge on any atom is -0.497 e. The number of nitrogens with zero attached hydrogens (tertiary/aromatic N) is 2. The first-order valence-corrected chi connectivity index (χ1v) is 8.50. The van der Waals surface area contributed by atoms with Crippen molar-refractivity contribution in [2.24, 2.45) is 0 Å². The Bertz CT molecular complexity index is 524. The van der Waals surface area contributed by atoms with Crippen molar-refractivity contribution >= 4 is 5.91 Å². The Balaban J connectivity index is 1.49. The van der Waals surface area contributed by atoms with Crippen molar-refractivity contribution < 1.29 is 14.6 Å². The van der Waals surface area contributed by atoms with Crippen molar-refractivity contribution in [3.63, 3.8) is 0 Å². The molecule has 126 valence electrons. The van der Waals surface area contributed by atoms with E-state index in [0.29, 0.717) is 12.5 Å². The molecule has 2 atom stereocenters. The van der Waals surface area contributed by atoms with Gasteiger partial charge in [0, 0.05) is 32.2 Å². The number of carbonyl (C=O) groups excluding carboxylic acids is 1.